The van der Waals surface area contributed by atoms with Gasteiger partial charge in [0.1, 0.15) is 6.61 Å². The second kappa shape index (κ2) is 4.09. The van der Waals surface area contributed by atoms with E-state index >= 15 is 0 Å². The topological polar surface area (TPSA) is 86.4 Å². The summed E-state index contributed by atoms with van der Waals surface area (Å²) < 4.78 is 7.66. The highest BCUT2D eigenvalue weighted by atomic mass is 16.5. The van der Waals surface area contributed by atoms with Crippen LogP contribution in [0.1, 0.15) is 25.2 Å². The van der Waals surface area contributed by atoms with Gasteiger partial charge in [0.2, 0.25) is 0 Å². The third-order valence-electron chi connectivity index (χ3n) is 2.62. The smallest absolute Gasteiger partial charge is 0.346 e. The molecule has 0 amide bonds. The van der Waals surface area contributed by atoms with Gasteiger partial charge in [-0.3, -0.25) is 4.57 Å². The molecular weight excluding hydrogens is 214 g/mol. The van der Waals surface area contributed by atoms with E-state index in [1.54, 1.807) is 6.92 Å². The fourth-order valence-electron chi connectivity index (χ4n) is 1.76. The van der Waals surface area contributed by atoms with Crippen LogP contribution in [0.15, 0.2) is 4.79 Å². The number of aliphatic carboxylic acids is 1. The number of hydrogen-bond acceptors (Lipinski definition) is 4. The molecule has 0 saturated carbocycles. The number of carboxylic acids is 1. The zero-order chi connectivity index (χ0) is 11.7. The monoisotopic (exact) mass is 227 g/mol. The van der Waals surface area contributed by atoms with Crippen molar-refractivity contribution in [3.8, 4) is 0 Å². The molecule has 1 aromatic heterocycles. The van der Waals surface area contributed by atoms with Gasteiger partial charge in [-0.2, -0.15) is 9.78 Å². The average molecular weight is 227 g/mol. The van der Waals surface area contributed by atoms with Gasteiger partial charge < -0.3 is 9.84 Å². The second-order valence-corrected chi connectivity index (χ2v) is 3.61. The van der Waals surface area contributed by atoms with Crippen molar-refractivity contribution in [3.05, 3.63) is 16.3 Å². The summed E-state index contributed by atoms with van der Waals surface area (Å²) in [5.74, 6) is -0.545. The van der Waals surface area contributed by atoms with Gasteiger partial charge in [0, 0.05) is 0 Å². The van der Waals surface area contributed by atoms with Crippen molar-refractivity contribution < 1.29 is 14.6 Å². The van der Waals surface area contributed by atoms with E-state index in [2.05, 4.69) is 5.10 Å². The van der Waals surface area contributed by atoms with Crippen LogP contribution in [-0.2, 0) is 22.7 Å². The van der Waals surface area contributed by atoms with Crippen molar-refractivity contribution >= 4 is 5.97 Å². The Bertz CT molecular complexity index is 462. The minimum Gasteiger partial charge on any atom is -0.480 e. The first-order valence-corrected chi connectivity index (χ1v) is 5.14. The van der Waals surface area contributed by atoms with Gasteiger partial charge >= 0.3 is 11.7 Å². The summed E-state index contributed by atoms with van der Waals surface area (Å²) >= 11 is 0. The van der Waals surface area contributed by atoms with E-state index in [1.165, 1.54) is 4.57 Å². The zero-order valence-corrected chi connectivity index (χ0v) is 8.92. The van der Waals surface area contributed by atoms with E-state index in [4.69, 9.17) is 9.84 Å². The summed E-state index contributed by atoms with van der Waals surface area (Å²) in [6.45, 7) is 2.87. The lowest BCUT2D eigenvalue weighted by molar-refractivity contribution is -0.141. The summed E-state index contributed by atoms with van der Waals surface area (Å²) in [6.07, 6.45) is 0.326. The van der Waals surface area contributed by atoms with Crippen LogP contribution in [0.2, 0.25) is 0 Å². The van der Waals surface area contributed by atoms with Gasteiger partial charge in [-0.05, 0) is 6.42 Å². The van der Waals surface area contributed by atoms with Crippen LogP contribution in [-0.4, -0.2) is 32.0 Å². The fourth-order valence-corrected chi connectivity index (χ4v) is 1.76. The van der Waals surface area contributed by atoms with Crippen LogP contribution in [0.3, 0.4) is 0 Å². The van der Waals surface area contributed by atoms with Crippen molar-refractivity contribution in [2.45, 2.75) is 32.5 Å². The molecule has 1 aliphatic heterocycles. The molecule has 0 spiro atoms. The summed E-state index contributed by atoms with van der Waals surface area (Å²) in [5, 5.41) is 13.0. The highest BCUT2D eigenvalue weighted by Crippen LogP contribution is 2.10. The van der Waals surface area contributed by atoms with Crippen molar-refractivity contribution in [1.29, 1.82) is 0 Å². The molecule has 0 unspecified atom stereocenters. The zero-order valence-electron chi connectivity index (χ0n) is 8.92. The molecule has 1 N–H and O–H groups in total. The molecule has 1 aromatic rings. The Morgan fingerprint density at radius 2 is 2.44 bits per heavy atom. The van der Waals surface area contributed by atoms with Gasteiger partial charge in [-0.1, -0.05) is 6.92 Å². The predicted octanol–water partition coefficient (Wildman–Crippen LogP) is -0.389. The maximum atomic E-state index is 11.9. The Morgan fingerprint density at radius 3 is 3.00 bits per heavy atom. The molecule has 16 heavy (non-hydrogen) atoms. The van der Waals surface area contributed by atoms with Crippen molar-refractivity contribution in [2.24, 2.45) is 0 Å². The van der Waals surface area contributed by atoms with Gasteiger partial charge in [0.15, 0.2) is 11.9 Å². The fraction of sp³-hybridized carbons (Fsp3) is 0.667. The molecule has 0 bridgehead atoms. The standard InChI is InChI=1S/C9H13N3O4/c1-2-6(8(13)14)12-9(15)11-3-4-16-5-7(11)10-12/h6H,2-5H2,1H3,(H,13,14)/t6-/m0/s1. The van der Waals surface area contributed by atoms with E-state index in [0.29, 0.717) is 25.4 Å². The van der Waals surface area contributed by atoms with Gasteiger partial charge in [0.05, 0.1) is 13.2 Å². The predicted molar refractivity (Wildman–Crippen MR) is 53.1 cm³/mol. The molecule has 1 aliphatic rings. The second-order valence-electron chi connectivity index (χ2n) is 3.61. The Hall–Kier alpha value is -1.63. The van der Waals surface area contributed by atoms with Gasteiger partial charge in [-0.15, -0.1) is 0 Å². The molecular formula is C9H13N3O4. The number of fused-ring (bicyclic) bond motifs is 1. The number of nitrogens with zero attached hydrogens (tertiary/aromatic N) is 3. The van der Waals surface area contributed by atoms with Crippen LogP contribution in [0.4, 0.5) is 0 Å². The maximum absolute atomic E-state index is 11.9. The number of carbonyl (C=O) groups is 1. The number of hydrogen-bond donors (Lipinski definition) is 1. The number of aromatic nitrogens is 3. The first kappa shape index (κ1) is 10.9. The van der Waals surface area contributed by atoms with Gasteiger partial charge in [0.25, 0.3) is 0 Å². The van der Waals surface area contributed by atoms with E-state index in [9.17, 15) is 9.59 Å². The molecule has 7 heteroatoms. The van der Waals surface area contributed by atoms with E-state index in [-0.39, 0.29) is 12.3 Å². The van der Waals surface area contributed by atoms with Crippen molar-refractivity contribution in [1.82, 2.24) is 14.3 Å². The van der Waals surface area contributed by atoms with E-state index in [1.807, 2.05) is 0 Å². The molecule has 1 atom stereocenters. The van der Waals surface area contributed by atoms with Crippen LogP contribution >= 0.6 is 0 Å². The Balaban J connectivity index is 2.45. The van der Waals surface area contributed by atoms with Crippen molar-refractivity contribution in [3.63, 3.8) is 0 Å². The third kappa shape index (κ3) is 1.63. The quantitative estimate of drug-likeness (QED) is 0.760. The summed E-state index contributed by atoms with van der Waals surface area (Å²) in [7, 11) is 0. The molecule has 0 aliphatic carbocycles. The van der Waals surface area contributed by atoms with E-state index < -0.39 is 12.0 Å². The highest BCUT2D eigenvalue weighted by molar-refractivity contribution is 5.71. The Morgan fingerprint density at radius 1 is 1.69 bits per heavy atom. The largest absolute Gasteiger partial charge is 0.480 e. The number of ether oxygens (including phenoxy) is 1. The van der Waals surface area contributed by atoms with Crippen molar-refractivity contribution in [2.75, 3.05) is 6.61 Å². The Labute approximate surface area is 91.2 Å². The SMILES string of the molecule is CC[C@@H](C(=O)O)n1nc2n(c1=O)CCOC2. The summed E-state index contributed by atoms with van der Waals surface area (Å²) in [6, 6.07) is -0.898. The lowest BCUT2D eigenvalue weighted by Gasteiger charge is -2.11. The molecule has 88 valence electrons. The highest BCUT2D eigenvalue weighted by Gasteiger charge is 2.25. The lowest BCUT2D eigenvalue weighted by atomic mass is 10.2. The molecule has 7 nitrogen and oxygen atoms in total. The molecule has 0 aromatic carbocycles. The van der Waals surface area contributed by atoms with Crippen LogP contribution in [0.25, 0.3) is 0 Å². The minimum absolute atomic E-state index is 0.262. The average Bonchev–Trinajstić information content (AvgIpc) is 2.58. The number of carboxylic acid groups (broad SMARTS) is 1. The first-order chi connectivity index (χ1) is 7.65. The summed E-state index contributed by atoms with van der Waals surface area (Å²) in [5.41, 5.74) is -0.368. The molecule has 2 heterocycles. The van der Waals surface area contributed by atoms with Crippen LogP contribution in [0.5, 0.6) is 0 Å². The molecule has 0 fully saturated rings. The summed E-state index contributed by atoms with van der Waals surface area (Å²) in [4.78, 5) is 22.8. The minimum atomic E-state index is -1.04. The van der Waals surface area contributed by atoms with Crippen LogP contribution < -0.4 is 5.69 Å². The third-order valence-corrected chi connectivity index (χ3v) is 2.62. The maximum Gasteiger partial charge on any atom is 0.346 e. The lowest BCUT2D eigenvalue weighted by Crippen LogP contribution is -2.33. The van der Waals surface area contributed by atoms with Gasteiger partial charge in [-0.25, -0.2) is 9.59 Å². The van der Waals surface area contributed by atoms with Crippen LogP contribution in [0, 0.1) is 0 Å². The Kier molecular flexibility index (Phi) is 2.78. The molecule has 0 saturated heterocycles. The first-order valence-electron chi connectivity index (χ1n) is 5.14. The molecule has 0 radical (unpaired) electrons. The number of rotatable bonds is 3. The van der Waals surface area contributed by atoms with E-state index in [0.717, 1.165) is 4.68 Å². The molecule has 2 rings (SSSR count). The normalized spacial score (nSPS) is 16.8.